The fraction of sp³-hybridized carbons (Fsp3) is 0.667. The lowest BCUT2D eigenvalue weighted by Crippen LogP contribution is -2.45. The van der Waals surface area contributed by atoms with Gasteiger partial charge >= 0.3 is 5.97 Å². The summed E-state index contributed by atoms with van der Waals surface area (Å²) in [5, 5.41) is 2.80. The number of ether oxygens (including phenoxy) is 1. The molecule has 1 unspecified atom stereocenters. The largest absolute Gasteiger partial charge is 0.466 e. The number of esters is 1. The molecule has 2 heterocycles. The molecule has 1 aliphatic carbocycles. The fourth-order valence-corrected chi connectivity index (χ4v) is 4.50. The summed E-state index contributed by atoms with van der Waals surface area (Å²) in [5.74, 6) is -1.33. The molecule has 2 amide bonds. The van der Waals surface area contributed by atoms with E-state index < -0.39 is 17.2 Å². The molecule has 0 radical (unpaired) electrons. The summed E-state index contributed by atoms with van der Waals surface area (Å²) in [6, 6.07) is 0.174. The highest BCUT2D eigenvalue weighted by Crippen LogP contribution is 2.29. The van der Waals surface area contributed by atoms with Gasteiger partial charge in [-0.1, -0.05) is 26.7 Å². The molecule has 0 aromatic carbocycles. The monoisotopic (exact) mass is 445 g/mol. The van der Waals surface area contributed by atoms with Crippen LogP contribution in [0.2, 0.25) is 0 Å². The molecular formula is C24H35N3O5. The van der Waals surface area contributed by atoms with E-state index in [2.05, 4.69) is 5.32 Å². The Hall–Kier alpha value is -2.64. The van der Waals surface area contributed by atoms with E-state index in [1.165, 1.54) is 0 Å². The predicted octanol–water partition coefficient (Wildman–Crippen LogP) is 2.76. The first kappa shape index (κ1) is 24.0. The van der Waals surface area contributed by atoms with Crippen LogP contribution >= 0.6 is 0 Å². The topological polar surface area (TPSA) is 97.7 Å². The van der Waals surface area contributed by atoms with Gasteiger partial charge in [-0.25, -0.2) is 0 Å². The van der Waals surface area contributed by atoms with Crippen LogP contribution in [0.1, 0.15) is 86.1 Å². The van der Waals surface area contributed by atoms with Crippen LogP contribution < -0.4 is 10.7 Å². The van der Waals surface area contributed by atoms with E-state index in [4.69, 9.17) is 4.74 Å². The Morgan fingerprint density at radius 1 is 1.09 bits per heavy atom. The van der Waals surface area contributed by atoms with Gasteiger partial charge in [-0.3, -0.25) is 19.2 Å². The molecule has 8 nitrogen and oxygen atoms in total. The van der Waals surface area contributed by atoms with E-state index >= 15 is 0 Å². The maximum absolute atomic E-state index is 13.4. The third-order valence-corrected chi connectivity index (χ3v) is 6.27. The van der Waals surface area contributed by atoms with E-state index in [0.717, 1.165) is 25.7 Å². The molecule has 1 saturated carbocycles. The Balaban J connectivity index is 1.91. The van der Waals surface area contributed by atoms with Crippen molar-refractivity contribution in [3.05, 3.63) is 33.7 Å². The number of likely N-dealkylation sites (tertiary alicyclic amines) is 1. The van der Waals surface area contributed by atoms with Crippen LogP contribution in [0.3, 0.4) is 0 Å². The van der Waals surface area contributed by atoms with Gasteiger partial charge in [-0.05, 0) is 38.5 Å². The molecule has 8 heteroatoms. The molecule has 1 aromatic heterocycles. The number of amides is 2. The SMILES string of the molecule is CCOC(=O)C1CCCN(C(=O)c2cn(C3CCCC3)cc(C(=O)NCC(C)C)c2=O)C1. The lowest BCUT2D eigenvalue weighted by molar-refractivity contribution is -0.149. The van der Waals surface area contributed by atoms with Crippen molar-refractivity contribution in [2.75, 3.05) is 26.2 Å². The Bertz CT molecular complexity index is 901. The standard InChI is InChI=1S/C24H35N3O5/c1-4-32-24(31)17-8-7-11-26(13-17)23(30)20-15-27(18-9-5-6-10-18)14-19(21(20)28)22(29)25-12-16(2)3/h14-18H,4-13H2,1-3H3,(H,25,29). The lowest BCUT2D eigenvalue weighted by Gasteiger charge is -2.31. The second kappa shape index (κ2) is 10.8. The van der Waals surface area contributed by atoms with Gasteiger partial charge in [0.05, 0.1) is 12.5 Å². The maximum Gasteiger partial charge on any atom is 0.310 e. The third kappa shape index (κ3) is 5.58. The van der Waals surface area contributed by atoms with Gasteiger partial charge in [0.15, 0.2) is 0 Å². The summed E-state index contributed by atoms with van der Waals surface area (Å²) in [6.45, 7) is 7.16. The van der Waals surface area contributed by atoms with E-state index in [1.54, 1.807) is 24.2 Å². The highest BCUT2D eigenvalue weighted by molar-refractivity contribution is 5.99. The summed E-state index contributed by atoms with van der Waals surface area (Å²) in [7, 11) is 0. The van der Waals surface area contributed by atoms with E-state index in [-0.39, 0.29) is 41.5 Å². The normalized spacial score (nSPS) is 19.2. The number of hydrogen-bond donors (Lipinski definition) is 1. The molecule has 2 fully saturated rings. The maximum atomic E-state index is 13.4. The van der Waals surface area contributed by atoms with Gasteiger partial charge in [0.25, 0.3) is 11.8 Å². The Morgan fingerprint density at radius 2 is 1.78 bits per heavy atom. The van der Waals surface area contributed by atoms with Gasteiger partial charge in [-0.2, -0.15) is 0 Å². The van der Waals surface area contributed by atoms with Crippen molar-refractivity contribution in [2.24, 2.45) is 11.8 Å². The first-order chi connectivity index (χ1) is 15.3. The van der Waals surface area contributed by atoms with Crippen LogP contribution in [0.25, 0.3) is 0 Å². The molecule has 32 heavy (non-hydrogen) atoms. The number of aromatic nitrogens is 1. The lowest BCUT2D eigenvalue weighted by atomic mass is 9.97. The van der Waals surface area contributed by atoms with Crippen molar-refractivity contribution in [2.45, 2.75) is 65.3 Å². The van der Waals surface area contributed by atoms with Crippen LogP contribution in [0.5, 0.6) is 0 Å². The molecule has 1 N–H and O–H groups in total. The Kier molecular flexibility index (Phi) is 8.10. The van der Waals surface area contributed by atoms with Gasteiger partial charge in [0.1, 0.15) is 11.1 Å². The first-order valence-corrected chi connectivity index (χ1v) is 11.8. The minimum Gasteiger partial charge on any atom is -0.466 e. The summed E-state index contributed by atoms with van der Waals surface area (Å²) in [4.78, 5) is 53.1. The quantitative estimate of drug-likeness (QED) is 0.651. The highest BCUT2D eigenvalue weighted by Gasteiger charge is 2.32. The average Bonchev–Trinajstić information content (AvgIpc) is 3.32. The number of pyridine rings is 1. The Labute approximate surface area is 189 Å². The zero-order valence-electron chi connectivity index (χ0n) is 19.4. The third-order valence-electron chi connectivity index (χ3n) is 6.27. The van der Waals surface area contributed by atoms with Gasteiger partial charge < -0.3 is 19.5 Å². The van der Waals surface area contributed by atoms with Crippen LogP contribution in [0.15, 0.2) is 17.2 Å². The van der Waals surface area contributed by atoms with Crippen molar-refractivity contribution in [1.82, 2.24) is 14.8 Å². The first-order valence-electron chi connectivity index (χ1n) is 11.8. The Morgan fingerprint density at radius 3 is 2.44 bits per heavy atom. The second-order valence-corrected chi connectivity index (χ2v) is 9.25. The molecule has 1 aromatic rings. The van der Waals surface area contributed by atoms with Gasteiger partial charge in [-0.15, -0.1) is 0 Å². The number of nitrogens with zero attached hydrogens (tertiary/aromatic N) is 2. The number of carbonyl (C=O) groups is 3. The predicted molar refractivity (Wildman–Crippen MR) is 121 cm³/mol. The molecule has 1 saturated heterocycles. The minimum absolute atomic E-state index is 0.00129. The zero-order valence-corrected chi connectivity index (χ0v) is 19.4. The summed E-state index contributed by atoms with van der Waals surface area (Å²) < 4.78 is 7.00. The van der Waals surface area contributed by atoms with Crippen molar-refractivity contribution in [3.63, 3.8) is 0 Å². The number of rotatable bonds is 7. The summed E-state index contributed by atoms with van der Waals surface area (Å²) in [6.07, 6.45) is 8.62. The van der Waals surface area contributed by atoms with Crippen molar-refractivity contribution < 1.29 is 19.1 Å². The van der Waals surface area contributed by atoms with E-state index in [9.17, 15) is 19.2 Å². The van der Waals surface area contributed by atoms with Crippen LogP contribution in [0.4, 0.5) is 0 Å². The molecule has 176 valence electrons. The smallest absolute Gasteiger partial charge is 0.310 e. The molecule has 1 atom stereocenters. The number of piperidine rings is 1. The van der Waals surface area contributed by atoms with Crippen molar-refractivity contribution >= 4 is 17.8 Å². The van der Waals surface area contributed by atoms with Gasteiger partial charge in [0, 0.05) is 38.1 Å². The highest BCUT2D eigenvalue weighted by atomic mass is 16.5. The molecule has 2 aliphatic rings. The molecule has 0 bridgehead atoms. The van der Waals surface area contributed by atoms with Crippen molar-refractivity contribution in [3.8, 4) is 0 Å². The fourth-order valence-electron chi connectivity index (χ4n) is 4.50. The van der Waals surface area contributed by atoms with Crippen LogP contribution in [-0.2, 0) is 9.53 Å². The van der Waals surface area contributed by atoms with Gasteiger partial charge in [0.2, 0.25) is 5.43 Å². The zero-order chi connectivity index (χ0) is 23.3. The summed E-state index contributed by atoms with van der Waals surface area (Å²) >= 11 is 0. The van der Waals surface area contributed by atoms with Crippen molar-refractivity contribution in [1.29, 1.82) is 0 Å². The number of hydrogen-bond acceptors (Lipinski definition) is 5. The van der Waals surface area contributed by atoms with Crippen LogP contribution in [-0.4, -0.2) is 53.5 Å². The summed E-state index contributed by atoms with van der Waals surface area (Å²) in [5.41, 5.74) is -0.551. The average molecular weight is 446 g/mol. The van der Waals surface area contributed by atoms with E-state index in [1.807, 2.05) is 18.4 Å². The molecule has 1 aliphatic heterocycles. The van der Waals surface area contributed by atoms with Crippen LogP contribution in [0, 0.1) is 11.8 Å². The number of carbonyl (C=O) groups excluding carboxylic acids is 3. The second-order valence-electron chi connectivity index (χ2n) is 9.25. The number of nitrogens with one attached hydrogen (secondary N) is 1. The van der Waals surface area contributed by atoms with E-state index in [0.29, 0.717) is 32.5 Å². The molecule has 3 rings (SSSR count). The minimum atomic E-state index is -0.552. The molecular weight excluding hydrogens is 410 g/mol. The molecule has 0 spiro atoms.